The number of hydrogen-bond acceptors (Lipinski definition) is 3. The lowest BCUT2D eigenvalue weighted by Gasteiger charge is -2.07. The second-order valence-corrected chi connectivity index (χ2v) is 4.45. The zero-order valence-corrected chi connectivity index (χ0v) is 11.5. The van der Waals surface area contributed by atoms with E-state index >= 15 is 0 Å². The minimum absolute atomic E-state index is 0.0838. The maximum Gasteiger partial charge on any atom is 0.325 e. The maximum absolute atomic E-state index is 13.4. The molecule has 2 rings (SSSR count). The van der Waals surface area contributed by atoms with Crippen LogP contribution in [0.3, 0.4) is 0 Å². The lowest BCUT2D eigenvalue weighted by molar-refractivity contribution is -0.143. The summed E-state index contributed by atoms with van der Waals surface area (Å²) in [6.45, 7) is -0.317. The molecule has 2 aromatic rings. The second-order valence-electron chi connectivity index (χ2n) is 4.45. The van der Waals surface area contributed by atoms with Crippen LogP contribution in [0.1, 0.15) is 15.9 Å². The Kier molecular flexibility index (Phi) is 5.19. The fraction of sp³-hybridized carbons (Fsp3) is 0.125. The van der Waals surface area contributed by atoms with Crippen molar-refractivity contribution in [2.24, 2.45) is 0 Å². The normalized spacial score (nSPS) is 10.1. The van der Waals surface area contributed by atoms with Gasteiger partial charge < -0.3 is 10.1 Å². The highest BCUT2D eigenvalue weighted by molar-refractivity contribution is 5.96. The molecule has 0 heterocycles. The molecule has 0 unspecified atom stereocenters. The Bertz CT molecular complexity index is 674. The molecule has 0 aliphatic heterocycles. The van der Waals surface area contributed by atoms with Crippen LogP contribution in [0, 0.1) is 11.6 Å². The van der Waals surface area contributed by atoms with E-state index in [0.717, 1.165) is 17.7 Å². The van der Waals surface area contributed by atoms with Crippen LogP contribution < -0.4 is 5.32 Å². The van der Waals surface area contributed by atoms with Crippen LogP contribution in [0.2, 0.25) is 0 Å². The molecule has 2 aromatic carbocycles. The highest BCUT2D eigenvalue weighted by atomic mass is 19.1. The van der Waals surface area contributed by atoms with Crippen LogP contribution >= 0.6 is 0 Å². The standard InChI is InChI=1S/C16H13F2NO3/c17-12-6-7-13(14(18)8-12)16(21)19-9-15(20)22-10-11-4-2-1-3-5-11/h1-8H,9-10H2,(H,19,21). The number of nitrogens with one attached hydrogen (secondary N) is 1. The van der Waals surface area contributed by atoms with E-state index in [1.165, 1.54) is 0 Å². The van der Waals surface area contributed by atoms with E-state index < -0.39 is 30.1 Å². The van der Waals surface area contributed by atoms with Crippen molar-refractivity contribution in [2.75, 3.05) is 6.54 Å². The molecule has 0 spiro atoms. The van der Waals surface area contributed by atoms with Gasteiger partial charge in [0.1, 0.15) is 24.8 Å². The molecule has 1 amide bonds. The fourth-order valence-corrected chi connectivity index (χ4v) is 1.71. The molecule has 0 atom stereocenters. The summed E-state index contributed by atoms with van der Waals surface area (Å²) in [6.07, 6.45) is 0. The Hall–Kier alpha value is -2.76. The van der Waals surface area contributed by atoms with Crippen molar-refractivity contribution in [1.82, 2.24) is 5.32 Å². The summed E-state index contributed by atoms with van der Waals surface area (Å²) in [7, 11) is 0. The molecule has 0 bridgehead atoms. The number of benzene rings is 2. The number of hydrogen-bond donors (Lipinski definition) is 1. The maximum atomic E-state index is 13.4. The summed E-state index contributed by atoms with van der Waals surface area (Å²) in [5, 5.41) is 2.22. The summed E-state index contributed by atoms with van der Waals surface area (Å²) in [6, 6.07) is 11.6. The third-order valence-corrected chi connectivity index (χ3v) is 2.81. The van der Waals surface area contributed by atoms with Crippen LogP contribution in [0.5, 0.6) is 0 Å². The molecule has 1 N–H and O–H groups in total. The lowest BCUT2D eigenvalue weighted by Crippen LogP contribution is -2.31. The lowest BCUT2D eigenvalue weighted by atomic mass is 10.2. The summed E-state index contributed by atoms with van der Waals surface area (Å²) in [5.41, 5.74) is 0.476. The van der Waals surface area contributed by atoms with E-state index in [1.807, 2.05) is 18.2 Å². The van der Waals surface area contributed by atoms with Crippen molar-refractivity contribution in [3.05, 3.63) is 71.3 Å². The van der Waals surface area contributed by atoms with Gasteiger partial charge in [0.05, 0.1) is 5.56 Å². The van der Waals surface area contributed by atoms with Crippen LogP contribution in [0.25, 0.3) is 0 Å². The first-order chi connectivity index (χ1) is 10.6. The van der Waals surface area contributed by atoms with Crippen molar-refractivity contribution in [1.29, 1.82) is 0 Å². The third-order valence-electron chi connectivity index (χ3n) is 2.81. The largest absolute Gasteiger partial charge is 0.460 e. The van der Waals surface area contributed by atoms with Gasteiger partial charge in [-0.2, -0.15) is 0 Å². The first-order valence-corrected chi connectivity index (χ1v) is 6.49. The SMILES string of the molecule is O=C(CNC(=O)c1ccc(F)cc1F)OCc1ccccc1. The van der Waals surface area contributed by atoms with Gasteiger partial charge in [-0.25, -0.2) is 8.78 Å². The Morgan fingerprint density at radius 1 is 1.05 bits per heavy atom. The van der Waals surface area contributed by atoms with E-state index in [2.05, 4.69) is 5.32 Å². The van der Waals surface area contributed by atoms with Crippen molar-refractivity contribution in [3.8, 4) is 0 Å². The van der Waals surface area contributed by atoms with Gasteiger partial charge in [0, 0.05) is 6.07 Å². The van der Waals surface area contributed by atoms with Crippen molar-refractivity contribution < 1.29 is 23.1 Å². The summed E-state index contributed by atoms with van der Waals surface area (Å²) < 4.78 is 31.1. The van der Waals surface area contributed by atoms with Crippen LogP contribution in [-0.2, 0) is 16.1 Å². The molecule has 0 saturated heterocycles. The predicted octanol–water partition coefficient (Wildman–Crippen LogP) is 2.44. The average Bonchev–Trinajstić information content (AvgIpc) is 2.51. The molecule has 0 aliphatic carbocycles. The number of ether oxygens (including phenoxy) is 1. The van der Waals surface area contributed by atoms with Crippen molar-refractivity contribution in [2.45, 2.75) is 6.61 Å². The first-order valence-electron chi connectivity index (χ1n) is 6.49. The molecule has 22 heavy (non-hydrogen) atoms. The molecule has 0 aliphatic rings. The highest BCUT2D eigenvalue weighted by Gasteiger charge is 2.13. The van der Waals surface area contributed by atoms with E-state index in [1.54, 1.807) is 12.1 Å². The summed E-state index contributed by atoms with van der Waals surface area (Å²) in [4.78, 5) is 23.2. The number of carbonyl (C=O) groups excluding carboxylic acids is 2. The van der Waals surface area contributed by atoms with Crippen LogP contribution in [0.4, 0.5) is 8.78 Å². The van der Waals surface area contributed by atoms with Gasteiger partial charge in [-0.3, -0.25) is 9.59 Å². The minimum Gasteiger partial charge on any atom is -0.460 e. The van der Waals surface area contributed by atoms with E-state index in [-0.39, 0.29) is 12.2 Å². The molecule has 0 aromatic heterocycles. The molecular weight excluding hydrogens is 292 g/mol. The molecular formula is C16H13F2NO3. The average molecular weight is 305 g/mol. The fourth-order valence-electron chi connectivity index (χ4n) is 1.71. The topological polar surface area (TPSA) is 55.4 Å². The zero-order valence-electron chi connectivity index (χ0n) is 11.5. The van der Waals surface area contributed by atoms with Gasteiger partial charge >= 0.3 is 5.97 Å². The number of esters is 1. The van der Waals surface area contributed by atoms with Gasteiger partial charge in [-0.15, -0.1) is 0 Å². The molecule has 0 radical (unpaired) electrons. The summed E-state index contributed by atoms with van der Waals surface area (Å²) >= 11 is 0. The Labute approximate surface area is 125 Å². The van der Waals surface area contributed by atoms with Crippen LogP contribution in [-0.4, -0.2) is 18.4 Å². The molecule has 6 heteroatoms. The van der Waals surface area contributed by atoms with E-state index in [4.69, 9.17) is 4.74 Å². The number of amides is 1. The molecule has 114 valence electrons. The summed E-state index contributed by atoms with van der Waals surface area (Å²) in [5.74, 6) is -3.24. The van der Waals surface area contributed by atoms with E-state index in [9.17, 15) is 18.4 Å². The van der Waals surface area contributed by atoms with Gasteiger partial charge in [-0.1, -0.05) is 30.3 Å². The highest BCUT2D eigenvalue weighted by Crippen LogP contribution is 2.09. The first kappa shape index (κ1) is 15.6. The molecule has 0 fully saturated rings. The smallest absolute Gasteiger partial charge is 0.325 e. The molecule has 4 nitrogen and oxygen atoms in total. The number of halogens is 2. The minimum atomic E-state index is -0.991. The quantitative estimate of drug-likeness (QED) is 0.863. The monoisotopic (exact) mass is 305 g/mol. The van der Waals surface area contributed by atoms with Crippen LogP contribution in [0.15, 0.2) is 48.5 Å². The number of carbonyl (C=O) groups is 2. The Morgan fingerprint density at radius 3 is 2.45 bits per heavy atom. The van der Waals surface area contributed by atoms with Crippen molar-refractivity contribution in [3.63, 3.8) is 0 Å². The Morgan fingerprint density at radius 2 is 1.77 bits per heavy atom. The van der Waals surface area contributed by atoms with Gasteiger partial charge in [0.25, 0.3) is 5.91 Å². The Balaban J connectivity index is 1.82. The van der Waals surface area contributed by atoms with E-state index in [0.29, 0.717) is 6.07 Å². The third kappa shape index (κ3) is 4.37. The predicted molar refractivity (Wildman–Crippen MR) is 74.9 cm³/mol. The van der Waals surface area contributed by atoms with Gasteiger partial charge in [0.2, 0.25) is 0 Å². The van der Waals surface area contributed by atoms with Gasteiger partial charge in [-0.05, 0) is 17.7 Å². The second kappa shape index (κ2) is 7.31. The number of rotatable bonds is 5. The zero-order chi connectivity index (χ0) is 15.9. The van der Waals surface area contributed by atoms with Gasteiger partial charge in [0.15, 0.2) is 0 Å². The van der Waals surface area contributed by atoms with Crippen molar-refractivity contribution >= 4 is 11.9 Å². The molecule has 0 saturated carbocycles.